The summed E-state index contributed by atoms with van der Waals surface area (Å²) in [6.07, 6.45) is 0. The van der Waals surface area contributed by atoms with E-state index in [4.69, 9.17) is 10.8 Å². The molecule has 0 aliphatic rings. The average Bonchev–Trinajstić information content (AvgIpc) is 2.33. The fraction of sp³-hybridized carbons (Fsp3) is 0.385. The van der Waals surface area contributed by atoms with Crippen LogP contribution in [0.1, 0.15) is 16.7 Å². The lowest BCUT2D eigenvalue weighted by Gasteiger charge is -2.23. The number of carbonyl (C=O) groups excluding carboxylic acids is 1. The van der Waals surface area contributed by atoms with Gasteiger partial charge in [-0.3, -0.25) is 4.79 Å². The Bertz CT molecular complexity index is 497. The Morgan fingerprint density at radius 2 is 1.78 bits per heavy atom. The first-order valence-electron chi connectivity index (χ1n) is 5.60. The van der Waals surface area contributed by atoms with E-state index in [1.807, 2.05) is 26.8 Å². The van der Waals surface area contributed by atoms with E-state index in [0.29, 0.717) is 5.69 Å². The van der Waals surface area contributed by atoms with Crippen LogP contribution in [-0.2, 0) is 9.59 Å². The average molecular weight is 250 g/mol. The summed E-state index contributed by atoms with van der Waals surface area (Å²) in [6.45, 7) is 5.84. The Morgan fingerprint density at radius 3 is 2.28 bits per heavy atom. The third kappa shape index (κ3) is 2.51. The van der Waals surface area contributed by atoms with Gasteiger partial charge in [-0.25, -0.2) is 4.79 Å². The molecule has 1 amide bonds. The predicted molar refractivity (Wildman–Crippen MR) is 69.7 cm³/mol. The molecule has 18 heavy (non-hydrogen) atoms. The number of nitrogens with two attached hydrogens (primary N) is 1. The third-order valence-corrected chi connectivity index (χ3v) is 3.25. The number of anilines is 1. The van der Waals surface area contributed by atoms with E-state index in [2.05, 4.69) is 0 Å². The Hall–Kier alpha value is -1.88. The molecule has 1 aromatic carbocycles. The summed E-state index contributed by atoms with van der Waals surface area (Å²) in [5, 5.41) is 8.74. The van der Waals surface area contributed by atoms with Gasteiger partial charge in [-0.1, -0.05) is 6.07 Å². The highest BCUT2D eigenvalue weighted by Gasteiger charge is 2.26. The number of benzene rings is 1. The van der Waals surface area contributed by atoms with Crippen molar-refractivity contribution < 1.29 is 14.7 Å². The zero-order chi connectivity index (χ0) is 14.0. The van der Waals surface area contributed by atoms with Gasteiger partial charge < -0.3 is 15.7 Å². The molecular formula is C13H18N2O3. The number of aliphatic carboxylic acids is 1. The van der Waals surface area contributed by atoms with Gasteiger partial charge in [0.2, 0.25) is 0 Å². The summed E-state index contributed by atoms with van der Waals surface area (Å²) in [4.78, 5) is 23.9. The molecule has 5 nitrogen and oxygen atoms in total. The first-order chi connectivity index (χ1) is 8.27. The Balaban J connectivity index is 3.12. The lowest BCUT2D eigenvalue weighted by molar-refractivity contribution is -0.142. The number of nitrogens with zero attached hydrogens (tertiary/aromatic N) is 1. The van der Waals surface area contributed by atoms with Crippen LogP contribution in [0.15, 0.2) is 12.1 Å². The van der Waals surface area contributed by atoms with E-state index in [0.717, 1.165) is 16.7 Å². The van der Waals surface area contributed by atoms with E-state index in [1.54, 1.807) is 6.07 Å². The van der Waals surface area contributed by atoms with Crippen LogP contribution in [0.25, 0.3) is 0 Å². The number of rotatable bonds is 3. The summed E-state index contributed by atoms with van der Waals surface area (Å²) in [5.74, 6) is -1.96. The standard InChI is InChI=1S/C13H18N2O3/c1-7-5-6-10(9(3)8(7)2)15(4)12(16)11(14)13(17)18/h5-6,11H,14H2,1-4H3,(H,17,18). The van der Waals surface area contributed by atoms with Crippen LogP contribution in [0.5, 0.6) is 0 Å². The van der Waals surface area contributed by atoms with Crippen molar-refractivity contribution in [3.05, 3.63) is 28.8 Å². The van der Waals surface area contributed by atoms with Crippen molar-refractivity contribution in [3.8, 4) is 0 Å². The molecule has 3 N–H and O–H groups in total. The highest BCUT2D eigenvalue weighted by molar-refractivity contribution is 6.08. The van der Waals surface area contributed by atoms with Crippen LogP contribution >= 0.6 is 0 Å². The first-order valence-corrected chi connectivity index (χ1v) is 5.60. The second kappa shape index (κ2) is 5.18. The Labute approximate surface area is 106 Å². The number of hydrogen-bond donors (Lipinski definition) is 2. The largest absolute Gasteiger partial charge is 0.480 e. The van der Waals surface area contributed by atoms with Crippen molar-refractivity contribution in [1.82, 2.24) is 0 Å². The molecule has 0 saturated carbocycles. The van der Waals surface area contributed by atoms with Gasteiger partial charge in [0.1, 0.15) is 0 Å². The van der Waals surface area contributed by atoms with Crippen molar-refractivity contribution in [1.29, 1.82) is 0 Å². The molecule has 0 radical (unpaired) electrons. The Kier molecular flexibility index (Phi) is 4.08. The van der Waals surface area contributed by atoms with Gasteiger partial charge in [-0.05, 0) is 43.5 Å². The molecular weight excluding hydrogens is 232 g/mol. The van der Waals surface area contributed by atoms with Crippen molar-refractivity contribution in [3.63, 3.8) is 0 Å². The minimum atomic E-state index is -1.53. The van der Waals surface area contributed by atoms with Crippen LogP contribution in [0.2, 0.25) is 0 Å². The second-order valence-electron chi connectivity index (χ2n) is 4.36. The molecule has 98 valence electrons. The molecule has 1 unspecified atom stereocenters. The molecule has 0 fully saturated rings. The smallest absolute Gasteiger partial charge is 0.330 e. The molecule has 1 aromatic rings. The fourth-order valence-electron chi connectivity index (χ4n) is 1.74. The molecule has 0 heterocycles. The van der Waals surface area contributed by atoms with Gasteiger partial charge in [0, 0.05) is 12.7 Å². The normalized spacial score (nSPS) is 12.1. The fourth-order valence-corrected chi connectivity index (χ4v) is 1.74. The van der Waals surface area contributed by atoms with Crippen molar-refractivity contribution >= 4 is 17.6 Å². The van der Waals surface area contributed by atoms with E-state index in [9.17, 15) is 9.59 Å². The van der Waals surface area contributed by atoms with Gasteiger partial charge >= 0.3 is 5.97 Å². The SMILES string of the molecule is Cc1ccc(N(C)C(=O)C(N)C(=O)O)c(C)c1C. The summed E-state index contributed by atoms with van der Waals surface area (Å²) in [6, 6.07) is 2.16. The maximum absolute atomic E-state index is 11.9. The molecule has 0 aromatic heterocycles. The van der Waals surface area contributed by atoms with E-state index in [1.165, 1.54) is 11.9 Å². The minimum Gasteiger partial charge on any atom is -0.480 e. The molecule has 0 aliphatic heterocycles. The second-order valence-corrected chi connectivity index (χ2v) is 4.36. The Morgan fingerprint density at radius 1 is 1.22 bits per heavy atom. The molecule has 0 saturated heterocycles. The van der Waals surface area contributed by atoms with Crippen molar-refractivity contribution in [2.24, 2.45) is 5.73 Å². The number of aryl methyl sites for hydroxylation is 1. The van der Waals surface area contributed by atoms with E-state index in [-0.39, 0.29) is 0 Å². The van der Waals surface area contributed by atoms with Gasteiger partial charge in [0.15, 0.2) is 6.04 Å². The number of carbonyl (C=O) groups is 2. The molecule has 5 heteroatoms. The van der Waals surface area contributed by atoms with E-state index >= 15 is 0 Å². The number of carboxylic acids is 1. The number of hydrogen-bond acceptors (Lipinski definition) is 3. The van der Waals surface area contributed by atoms with Gasteiger partial charge in [0.05, 0.1) is 0 Å². The lowest BCUT2D eigenvalue weighted by atomic mass is 10.0. The molecule has 1 rings (SSSR count). The third-order valence-electron chi connectivity index (χ3n) is 3.25. The topological polar surface area (TPSA) is 83.6 Å². The summed E-state index contributed by atoms with van der Waals surface area (Å²) < 4.78 is 0. The summed E-state index contributed by atoms with van der Waals surface area (Å²) in [5.41, 5.74) is 9.16. The number of carboxylic acid groups (broad SMARTS) is 1. The van der Waals surface area contributed by atoms with Crippen molar-refractivity contribution in [2.45, 2.75) is 26.8 Å². The quantitative estimate of drug-likeness (QED) is 0.783. The van der Waals surface area contributed by atoms with Crippen LogP contribution < -0.4 is 10.6 Å². The number of amides is 1. The van der Waals surface area contributed by atoms with Crippen LogP contribution in [-0.4, -0.2) is 30.1 Å². The number of likely N-dealkylation sites (N-methyl/N-ethyl adjacent to an activating group) is 1. The minimum absolute atomic E-state index is 0.631. The van der Waals surface area contributed by atoms with Crippen LogP contribution in [0.4, 0.5) is 5.69 Å². The highest BCUT2D eigenvalue weighted by atomic mass is 16.4. The zero-order valence-electron chi connectivity index (χ0n) is 11.0. The molecule has 0 aliphatic carbocycles. The van der Waals surface area contributed by atoms with Crippen LogP contribution in [0.3, 0.4) is 0 Å². The monoisotopic (exact) mass is 250 g/mol. The van der Waals surface area contributed by atoms with E-state index < -0.39 is 17.9 Å². The molecule has 0 bridgehead atoms. The first kappa shape index (κ1) is 14.2. The van der Waals surface area contributed by atoms with Crippen molar-refractivity contribution in [2.75, 3.05) is 11.9 Å². The maximum Gasteiger partial charge on any atom is 0.330 e. The molecule has 1 atom stereocenters. The van der Waals surface area contributed by atoms with Crippen LogP contribution in [0, 0.1) is 20.8 Å². The highest BCUT2D eigenvalue weighted by Crippen LogP contribution is 2.24. The maximum atomic E-state index is 11.9. The van der Waals surface area contributed by atoms with Gasteiger partial charge in [-0.15, -0.1) is 0 Å². The lowest BCUT2D eigenvalue weighted by Crippen LogP contribution is -2.47. The van der Waals surface area contributed by atoms with Gasteiger partial charge in [0.25, 0.3) is 5.91 Å². The molecule has 0 spiro atoms. The van der Waals surface area contributed by atoms with Gasteiger partial charge in [-0.2, -0.15) is 0 Å². The predicted octanol–water partition coefficient (Wildman–Crippen LogP) is 0.987. The zero-order valence-corrected chi connectivity index (χ0v) is 11.0. The summed E-state index contributed by atoms with van der Waals surface area (Å²) in [7, 11) is 1.53. The summed E-state index contributed by atoms with van der Waals surface area (Å²) >= 11 is 0.